The maximum absolute atomic E-state index is 13.0. The van der Waals surface area contributed by atoms with Crippen LogP contribution in [0.25, 0.3) is 16.8 Å². The molecule has 0 radical (unpaired) electrons. The summed E-state index contributed by atoms with van der Waals surface area (Å²) < 4.78 is 11.5. The summed E-state index contributed by atoms with van der Waals surface area (Å²) in [6, 6.07) is 30.5. The topological polar surface area (TPSA) is 71.3 Å². The standard InChI is InChI=1S/C28H22N2O3/c1-32-26-16-8-13-22(27(26)33-19-20-9-3-2-4-10-20)17-23(18-29)28(31)30-25-15-7-12-21-11-5-6-14-24(21)25/h2-17H,19H2,1H3,(H,30,31)/b23-17+. The predicted molar refractivity (Wildman–Crippen MR) is 130 cm³/mol. The Morgan fingerprint density at radius 3 is 2.45 bits per heavy atom. The van der Waals surface area contributed by atoms with Crippen LogP contribution in [0.2, 0.25) is 0 Å². The number of hydrogen-bond donors (Lipinski definition) is 1. The van der Waals surface area contributed by atoms with Crippen molar-refractivity contribution in [1.29, 1.82) is 5.26 Å². The van der Waals surface area contributed by atoms with Gasteiger partial charge in [0.2, 0.25) is 0 Å². The lowest BCUT2D eigenvalue weighted by Gasteiger charge is -2.14. The average Bonchev–Trinajstić information content (AvgIpc) is 2.87. The number of carbonyl (C=O) groups excluding carboxylic acids is 1. The third-order valence-corrected chi connectivity index (χ3v) is 5.16. The fourth-order valence-electron chi connectivity index (χ4n) is 3.52. The van der Waals surface area contributed by atoms with E-state index < -0.39 is 5.91 Å². The number of ether oxygens (including phenoxy) is 2. The van der Waals surface area contributed by atoms with Crippen molar-refractivity contribution in [3.63, 3.8) is 0 Å². The number of carbonyl (C=O) groups is 1. The van der Waals surface area contributed by atoms with E-state index >= 15 is 0 Å². The van der Waals surface area contributed by atoms with Crippen molar-refractivity contribution in [3.05, 3.63) is 108 Å². The second-order valence-corrected chi connectivity index (χ2v) is 7.30. The molecule has 0 unspecified atom stereocenters. The van der Waals surface area contributed by atoms with E-state index in [-0.39, 0.29) is 5.57 Å². The van der Waals surface area contributed by atoms with Crippen molar-refractivity contribution >= 4 is 28.4 Å². The molecule has 0 spiro atoms. The summed E-state index contributed by atoms with van der Waals surface area (Å²) in [6.07, 6.45) is 1.52. The van der Waals surface area contributed by atoms with Crippen LogP contribution in [0.1, 0.15) is 11.1 Å². The molecule has 0 aliphatic carbocycles. The van der Waals surface area contributed by atoms with Gasteiger partial charge in [-0.25, -0.2) is 0 Å². The largest absolute Gasteiger partial charge is 0.493 e. The van der Waals surface area contributed by atoms with Crippen LogP contribution in [0.15, 0.2) is 96.6 Å². The number of para-hydroxylation sites is 1. The lowest BCUT2D eigenvalue weighted by molar-refractivity contribution is -0.112. The number of methoxy groups -OCH3 is 1. The molecule has 1 amide bonds. The molecular weight excluding hydrogens is 412 g/mol. The maximum Gasteiger partial charge on any atom is 0.266 e. The molecule has 0 atom stereocenters. The van der Waals surface area contributed by atoms with Crippen molar-refractivity contribution in [2.45, 2.75) is 6.61 Å². The summed E-state index contributed by atoms with van der Waals surface area (Å²) >= 11 is 0. The predicted octanol–water partition coefficient (Wildman–Crippen LogP) is 5.97. The normalized spacial score (nSPS) is 11.0. The molecule has 0 saturated carbocycles. The zero-order chi connectivity index (χ0) is 23.0. The van der Waals surface area contributed by atoms with Crippen LogP contribution in [0.5, 0.6) is 11.5 Å². The van der Waals surface area contributed by atoms with E-state index in [1.165, 1.54) is 6.08 Å². The third kappa shape index (κ3) is 5.03. The SMILES string of the molecule is COc1cccc(/C=C(\C#N)C(=O)Nc2cccc3ccccc23)c1OCc1ccccc1. The van der Waals surface area contributed by atoms with Crippen molar-refractivity contribution < 1.29 is 14.3 Å². The van der Waals surface area contributed by atoms with Crippen LogP contribution in [-0.2, 0) is 11.4 Å². The maximum atomic E-state index is 13.0. The van der Waals surface area contributed by atoms with E-state index in [4.69, 9.17) is 9.47 Å². The summed E-state index contributed by atoms with van der Waals surface area (Å²) in [4.78, 5) is 13.0. The number of nitriles is 1. The van der Waals surface area contributed by atoms with Gasteiger partial charge in [-0.05, 0) is 29.2 Å². The zero-order valence-electron chi connectivity index (χ0n) is 18.1. The van der Waals surface area contributed by atoms with E-state index in [0.717, 1.165) is 16.3 Å². The molecule has 0 heterocycles. The van der Waals surface area contributed by atoms with Crippen molar-refractivity contribution in [1.82, 2.24) is 0 Å². The lowest BCUT2D eigenvalue weighted by atomic mass is 10.1. The molecular formula is C28H22N2O3. The van der Waals surface area contributed by atoms with Crippen molar-refractivity contribution in [2.75, 3.05) is 12.4 Å². The molecule has 33 heavy (non-hydrogen) atoms. The summed E-state index contributed by atoms with van der Waals surface area (Å²) in [6.45, 7) is 0.326. The highest BCUT2D eigenvalue weighted by atomic mass is 16.5. The van der Waals surface area contributed by atoms with Crippen molar-refractivity contribution in [2.24, 2.45) is 0 Å². The molecule has 162 valence electrons. The first-order valence-electron chi connectivity index (χ1n) is 10.4. The molecule has 0 aliphatic heterocycles. The number of nitrogens with one attached hydrogen (secondary N) is 1. The van der Waals surface area contributed by atoms with Gasteiger partial charge in [-0.2, -0.15) is 5.26 Å². The van der Waals surface area contributed by atoms with Crippen LogP contribution in [0.3, 0.4) is 0 Å². The van der Waals surface area contributed by atoms with E-state index in [0.29, 0.717) is 29.4 Å². The molecule has 4 aromatic carbocycles. The summed E-state index contributed by atoms with van der Waals surface area (Å²) in [7, 11) is 1.55. The Morgan fingerprint density at radius 2 is 1.67 bits per heavy atom. The molecule has 0 aromatic heterocycles. The first-order valence-corrected chi connectivity index (χ1v) is 10.4. The second kappa shape index (κ2) is 10.2. The van der Waals surface area contributed by atoms with Gasteiger partial charge in [-0.3, -0.25) is 4.79 Å². The lowest BCUT2D eigenvalue weighted by Crippen LogP contribution is -2.13. The van der Waals surface area contributed by atoms with Crippen LogP contribution < -0.4 is 14.8 Å². The average molecular weight is 434 g/mol. The van der Waals surface area contributed by atoms with E-state index in [1.807, 2.05) is 78.9 Å². The van der Waals surface area contributed by atoms with Gasteiger partial charge in [0.25, 0.3) is 5.91 Å². The molecule has 4 rings (SSSR count). The number of rotatable bonds is 7. The highest BCUT2D eigenvalue weighted by Gasteiger charge is 2.15. The quantitative estimate of drug-likeness (QED) is 0.287. The monoisotopic (exact) mass is 434 g/mol. The molecule has 1 N–H and O–H groups in total. The molecule has 0 bridgehead atoms. The van der Waals surface area contributed by atoms with Crippen LogP contribution in [-0.4, -0.2) is 13.0 Å². The summed E-state index contributed by atoms with van der Waals surface area (Å²) in [5.74, 6) is 0.492. The van der Waals surface area contributed by atoms with E-state index in [1.54, 1.807) is 25.3 Å². The summed E-state index contributed by atoms with van der Waals surface area (Å²) in [5, 5.41) is 14.5. The number of amides is 1. The summed E-state index contributed by atoms with van der Waals surface area (Å²) in [5.41, 5.74) is 2.17. The van der Waals surface area contributed by atoms with Crippen LogP contribution in [0, 0.1) is 11.3 Å². The molecule has 5 heteroatoms. The Balaban J connectivity index is 1.63. The number of anilines is 1. The Bertz CT molecular complexity index is 1350. The Hall–Kier alpha value is -4.56. The van der Waals surface area contributed by atoms with Gasteiger partial charge in [0.15, 0.2) is 11.5 Å². The highest BCUT2D eigenvalue weighted by molar-refractivity contribution is 6.13. The number of hydrogen-bond acceptors (Lipinski definition) is 4. The minimum Gasteiger partial charge on any atom is -0.493 e. The zero-order valence-corrected chi connectivity index (χ0v) is 18.1. The molecule has 5 nitrogen and oxygen atoms in total. The fraction of sp³-hybridized carbons (Fsp3) is 0.0714. The molecule has 0 saturated heterocycles. The Kier molecular flexibility index (Phi) is 6.67. The van der Waals surface area contributed by atoms with Gasteiger partial charge in [0.05, 0.1) is 7.11 Å². The number of fused-ring (bicyclic) bond motifs is 1. The Labute approximate surface area is 192 Å². The minimum atomic E-state index is -0.495. The van der Waals surface area contributed by atoms with Crippen LogP contribution >= 0.6 is 0 Å². The highest BCUT2D eigenvalue weighted by Crippen LogP contribution is 2.33. The molecule has 0 fully saturated rings. The second-order valence-electron chi connectivity index (χ2n) is 7.30. The van der Waals surface area contributed by atoms with Gasteiger partial charge in [-0.15, -0.1) is 0 Å². The first-order chi connectivity index (χ1) is 16.2. The van der Waals surface area contributed by atoms with Crippen LogP contribution in [0.4, 0.5) is 5.69 Å². The van der Waals surface area contributed by atoms with Gasteiger partial charge in [0, 0.05) is 16.6 Å². The van der Waals surface area contributed by atoms with Gasteiger partial charge < -0.3 is 14.8 Å². The fourth-order valence-corrected chi connectivity index (χ4v) is 3.52. The molecule has 4 aromatic rings. The first kappa shape index (κ1) is 21.7. The number of benzene rings is 4. The van der Waals surface area contributed by atoms with Gasteiger partial charge >= 0.3 is 0 Å². The van der Waals surface area contributed by atoms with E-state index in [9.17, 15) is 10.1 Å². The smallest absolute Gasteiger partial charge is 0.266 e. The van der Waals surface area contributed by atoms with Gasteiger partial charge in [-0.1, -0.05) is 78.9 Å². The Morgan fingerprint density at radius 1 is 0.939 bits per heavy atom. The molecule has 0 aliphatic rings. The third-order valence-electron chi connectivity index (χ3n) is 5.16. The van der Waals surface area contributed by atoms with Crippen molar-refractivity contribution in [3.8, 4) is 17.6 Å². The van der Waals surface area contributed by atoms with E-state index in [2.05, 4.69) is 5.32 Å². The minimum absolute atomic E-state index is 0.0410. The van der Waals surface area contributed by atoms with Gasteiger partial charge in [0.1, 0.15) is 18.2 Å². The number of nitrogens with zero attached hydrogens (tertiary/aromatic N) is 1.